The van der Waals surface area contributed by atoms with Gasteiger partial charge in [0.1, 0.15) is 12.0 Å². The molecule has 0 saturated heterocycles. The number of carbonyl (C=O) groups is 1. The Morgan fingerprint density at radius 2 is 1.76 bits per heavy atom. The van der Waals surface area contributed by atoms with Gasteiger partial charge >= 0.3 is 0 Å². The Bertz CT molecular complexity index is 1110. The van der Waals surface area contributed by atoms with Crippen LogP contribution in [0.25, 0.3) is 10.9 Å². The molecular formula is C24H26ClF2N5O. The highest BCUT2D eigenvalue weighted by atomic mass is 35.5. The highest BCUT2D eigenvalue weighted by Crippen LogP contribution is 2.24. The second-order valence-corrected chi connectivity index (χ2v) is 7.94. The van der Waals surface area contributed by atoms with Crippen molar-refractivity contribution >= 4 is 46.0 Å². The Morgan fingerprint density at radius 1 is 0.970 bits per heavy atom. The summed E-state index contributed by atoms with van der Waals surface area (Å²) < 4.78 is 26.3. The molecule has 33 heavy (non-hydrogen) atoms. The first-order valence-corrected chi connectivity index (χ1v) is 11.2. The molecule has 3 rings (SSSR count). The monoisotopic (exact) mass is 473 g/mol. The van der Waals surface area contributed by atoms with Crippen LogP contribution in [0.3, 0.4) is 0 Å². The summed E-state index contributed by atoms with van der Waals surface area (Å²) in [5.41, 5.74) is 4.30. The van der Waals surface area contributed by atoms with Crippen LogP contribution < -0.4 is 16.1 Å². The maximum Gasteiger partial charge on any atom is 0.264 e. The lowest BCUT2D eigenvalue weighted by Crippen LogP contribution is -2.25. The van der Waals surface area contributed by atoms with Crippen molar-refractivity contribution in [2.45, 2.75) is 32.1 Å². The molecule has 1 amide bonds. The van der Waals surface area contributed by atoms with E-state index in [1.165, 1.54) is 6.07 Å². The van der Waals surface area contributed by atoms with E-state index in [-0.39, 0.29) is 11.6 Å². The van der Waals surface area contributed by atoms with Crippen molar-refractivity contribution in [2.75, 3.05) is 23.8 Å². The molecule has 2 aromatic carbocycles. The molecule has 0 unspecified atom stereocenters. The van der Waals surface area contributed by atoms with Crippen LogP contribution in [0.15, 0.2) is 53.8 Å². The maximum atomic E-state index is 13.4. The largest absolute Gasteiger partial charge is 0.384 e. The summed E-state index contributed by atoms with van der Waals surface area (Å²) in [6.07, 6.45) is 7.88. The molecule has 0 saturated carbocycles. The number of fused-ring (bicyclic) bond motifs is 1. The molecule has 1 aromatic heterocycles. The van der Waals surface area contributed by atoms with Gasteiger partial charge in [-0.2, -0.15) is 5.10 Å². The molecule has 0 aliphatic carbocycles. The van der Waals surface area contributed by atoms with Crippen LogP contribution in [-0.2, 0) is 4.79 Å². The zero-order valence-electron chi connectivity index (χ0n) is 18.1. The fourth-order valence-electron chi connectivity index (χ4n) is 3.28. The van der Waals surface area contributed by atoms with E-state index in [0.717, 1.165) is 73.6 Å². The number of nitrogens with zero attached hydrogens (tertiary/aromatic N) is 2. The second kappa shape index (κ2) is 12.7. The number of rotatable bonds is 12. The van der Waals surface area contributed by atoms with E-state index in [9.17, 15) is 13.6 Å². The summed E-state index contributed by atoms with van der Waals surface area (Å²) in [7, 11) is 0. The smallest absolute Gasteiger partial charge is 0.264 e. The average Bonchev–Trinajstić information content (AvgIpc) is 2.79. The quantitative estimate of drug-likeness (QED) is 0.178. The molecule has 0 aliphatic heterocycles. The normalized spacial score (nSPS) is 11.1. The molecule has 3 aromatic rings. The van der Waals surface area contributed by atoms with Gasteiger partial charge in [-0.25, -0.2) is 8.78 Å². The highest BCUT2D eigenvalue weighted by molar-refractivity contribution is 6.31. The Balaban J connectivity index is 1.23. The van der Waals surface area contributed by atoms with Gasteiger partial charge in [0.15, 0.2) is 5.82 Å². The third-order valence-corrected chi connectivity index (χ3v) is 5.21. The van der Waals surface area contributed by atoms with Crippen molar-refractivity contribution in [3.05, 3.63) is 65.3 Å². The molecule has 174 valence electrons. The highest BCUT2D eigenvalue weighted by Gasteiger charge is 2.03. The minimum absolute atomic E-state index is 0.00328. The van der Waals surface area contributed by atoms with Gasteiger partial charge in [-0.1, -0.05) is 30.9 Å². The van der Waals surface area contributed by atoms with Crippen LogP contribution in [0, 0.1) is 11.6 Å². The van der Waals surface area contributed by atoms with E-state index in [0.29, 0.717) is 11.6 Å². The molecule has 0 aliphatic rings. The Kier molecular flexibility index (Phi) is 9.38. The molecule has 0 fully saturated rings. The lowest BCUT2D eigenvalue weighted by molar-refractivity contribution is -0.114. The summed E-state index contributed by atoms with van der Waals surface area (Å²) in [5, 5.41) is 11.6. The van der Waals surface area contributed by atoms with Gasteiger partial charge in [0.2, 0.25) is 0 Å². The van der Waals surface area contributed by atoms with E-state index in [1.807, 2.05) is 24.3 Å². The number of anilines is 2. The van der Waals surface area contributed by atoms with Crippen LogP contribution in [0.4, 0.5) is 20.2 Å². The van der Waals surface area contributed by atoms with Crippen molar-refractivity contribution in [3.63, 3.8) is 0 Å². The van der Waals surface area contributed by atoms with E-state index >= 15 is 0 Å². The van der Waals surface area contributed by atoms with Gasteiger partial charge in [0, 0.05) is 41.4 Å². The van der Waals surface area contributed by atoms with Gasteiger partial charge < -0.3 is 10.6 Å². The van der Waals surface area contributed by atoms with Crippen molar-refractivity contribution < 1.29 is 13.6 Å². The predicted molar refractivity (Wildman–Crippen MR) is 130 cm³/mol. The van der Waals surface area contributed by atoms with Gasteiger partial charge in [-0.15, -0.1) is 0 Å². The molecule has 0 atom stereocenters. The second-order valence-electron chi connectivity index (χ2n) is 7.50. The first-order valence-electron chi connectivity index (χ1n) is 10.8. The van der Waals surface area contributed by atoms with Gasteiger partial charge in [-0.05, 0) is 49.2 Å². The van der Waals surface area contributed by atoms with E-state index in [1.54, 1.807) is 6.20 Å². The number of aromatic nitrogens is 1. The first kappa shape index (κ1) is 24.4. The van der Waals surface area contributed by atoms with Gasteiger partial charge in [0.05, 0.1) is 11.2 Å². The zero-order chi connectivity index (χ0) is 23.5. The topological polar surface area (TPSA) is 78.4 Å². The molecule has 0 bridgehead atoms. The van der Waals surface area contributed by atoms with Crippen molar-refractivity contribution in [2.24, 2.45) is 5.10 Å². The molecular weight excluding hydrogens is 448 g/mol. The lowest BCUT2D eigenvalue weighted by atomic mass is 10.1. The number of hydrogen-bond acceptors (Lipinski definition) is 5. The number of hydrogen-bond donors (Lipinski definition) is 3. The molecule has 6 nitrogen and oxygen atoms in total. The average molecular weight is 474 g/mol. The number of halogens is 3. The Morgan fingerprint density at radius 3 is 2.58 bits per heavy atom. The lowest BCUT2D eigenvalue weighted by Gasteiger charge is -2.09. The predicted octanol–water partition coefficient (Wildman–Crippen LogP) is 5.74. The summed E-state index contributed by atoms with van der Waals surface area (Å²) in [6.45, 7) is 1.41. The van der Waals surface area contributed by atoms with Crippen molar-refractivity contribution in [1.29, 1.82) is 0 Å². The number of hydrazone groups is 1. The number of unbranched alkanes of at least 4 members (excludes halogenated alkanes) is 4. The SMILES string of the molecule is O=C(/C=N/Nc1ccc(F)cc1F)NCCCCCCCNc1ccnc2cc(Cl)ccc12. The Hall–Kier alpha value is -3.26. The molecule has 9 heteroatoms. The third kappa shape index (κ3) is 7.98. The number of benzene rings is 2. The summed E-state index contributed by atoms with van der Waals surface area (Å²) in [6, 6.07) is 10.7. The number of pyridine rings is 1. The fourth-order valence-corrected chi connectivity index (χ4v) is 3.44. The zero-order valence-corrected chi connectivity index (χ0v) is 18.8. The van der Waals surface area contributed by atoms with Crippen LogP contribution in [0.2, 0.25) is 5.02 Å². The van der Waals surface area contributed by atoms with Crippen molar-refractivity contribution in [3.8, 4) is 0 Å². The number of amides is 1. The van der Waals surface area contributed by atoms with E-state index in [2.05, 4.69) is 26.1 Å². The van der Waals surface area contributed by atoms with E-state index < -0.39 is 11.6 Å². The minimum Gasteiger partial charge on any atom is -0.384 e. The van der Waals surface area contributed by atoms with Gasteiger partial charge in [0.25, 0.3) is 5.91 Å². The van der Waals surface area contributed by atoms with Crippen molar-refractivity contribution in [1.82, 2.24) is 10.3 Å². The number of carbonyl (C=O) groups excluding carboxylic acids is 1. The fraction of sp³-hybridized carbons (Fsp3) is 0.292. The molecule has 0 radical (unpaired) electrons. The first-order chi connectivity index (χ1) is 16.0. The van der Waals surface area contributed by atoms with Crippen LogP contribution in [0.1, 0.15) is 32.1 Å². The maximum absolute atomic E-state index is 13.4. The number of nitrogens with one attached hydrogen (secondary N) is 3. The summed E-state index contributed by atoms with van der Waals surface area (Å²) in [5.74, 6) is -1.83. The Labute approximate surface area is 196 Å². The third-order valence-electron chi connectivity index (χ3n) is 4.97. The summed E-state index contributed by atoms with van der Waals surface area (Å²) in [4.78, 5) is 16.1. The molecule has 3 N–H and O–H groups in total. The standard InChI is InChI=1S/C24H26ClF2N5O/c25-17-6-8-19-21(10-13-29-23(19)14-17)28-11-4-2-1-3-5-12-30-24(33)16-31-32-22-9-7-18(26)15-20(22)27/h6-10,13-16,32H,1-5,11-12H2,(H,28,29)(H,30,33)/b31-16+. The molecule has 0 spiro atoms. The van der Waals surface area contributed by atoms with Crippen LogP contribution in [-0.4, -0.2) is 30.2 Å². The van der Waals surface area contributed by atoms with E-state index in [4.69, 9.17) is 11.6 Å². The summed E-state index contributed by atoms with van der Waals surface area (Å²) >= 11 is 6.03. The van der Waals surface area contributed by atoms with Gasteiger partial charge in [-0.3, -0.25) is 15.2 Å². The molecule has 1 heterocycles. The minimum atomic E-state index is -0.776. The van der Waals surface area contributed by atoms with Crippen LogP contribution in [0.5, 0.6) is 0 Å². The van der Waals surface area contributed by atoms with Crippen LogP contribution >= 0.6 is 11.6 Å².